The summed E-state index contributed by atoms with van der Waals surface area (Å²) in [5.41, 5.74) is 5.69. The Labute approximate surface area is 176 Å². The number of aliphatic hydroxyl groups is 1. The number of aryl methyl sites for hydroxylation is 1. The minimum Gasteiger partial charge on any atom is -0.445 e. The van der Waals surface area contributed by atoms with Crippen LogP contribution >= 0.6 is 0 Å². The van der Waals surface area contributed by atoms with Gasteiger partial charge in [-0.3, -0.25) is 4.79 Å². The number of amides is 1. The van der Waals surface area contributed by atoms with Crippen molar-refractivity contribution in [2.75, 3.05) is 11.7 Å². The van der Waals surface area contributed by atoms with Gasteiger partial charge in [-0.25, -0.2) is 10.8 Å². The molecule has 9 nitrogen and oxygen atoms in total. The molecule has 1 aromatic carbocycles. The van der Waals surface area contributed by atoms with Crippen molar-refractivity contribution >= 4 is 17.9 Å². The van der Waals surface area contributed by atoms with Crippen molar-refractivity contribution < 1.29 is 14.3 Å². The first kappa shape index (κ1) is 21.8. The number of likely N-dealkylation sites (tertiary alicyclic amines) is 1. The Hall–Kier alpha value is -2.91. The molecule has 0 radical (unpaired) electrons. The van der Waals surface area contributed by atoms with Crippen LogP contribution in [0.1, 0.15) is 67.2 Å². The van der Waals surface area contributed by atoms with E-state index in [0.29, 0.717) is 35.1 Å². The number of hydrazone groups is 1. The molecule has 2 atom stereocenters. The van der Waals surface area contributed by atoms with Crippen LogP contribution < -0.4 is 16.7 Å². The Morgan fingerprint density at radius 2 is 2.10 bits per heavy atom. The molecule has 1 unspecified atom stereocenters. The summed E-state index contributed by atoms with van der Waals surface area (Å²) in [7, 11) is 0. The monoisotopic (exact) mass is 414 g/mol. The standard InChI is InChI=1S/C21H30N6O3/c1-13-9-10-15(19-25-18(14(2)30-19)21(3,4)29)11-26(13)20(28)16-7-5-6-8-17(16)27(23)24-12-22/h5-8,12-13,15,29H,9-11,23H2,1-4H3,(H2,22,24)/t13-,15?/m1/s1. The number of rotatable bonds is 5. The number of benzene rings is 1. The van der Waals surface area contributed by atoms with E-state index in [4.69, 9.17) is 16.0 Å². The smallest absolute Gasteiger partial charge is 0.256 e. The first-order valence-electron chi connectivity index (χ1n) is 10.0. The molecule has 5 N–H and O–H groups in total. The SMILES string of the molecule is Cc1oc(C2CC[C@@H](C)N(C(=O)c3ccccc3N(N)/N=C\N)C2)nc1C(C)(C)O. The van der Waals surface area contributed by atoms with Crippen LogP contribution in [0.5, 0.6) is 0 Å². The summed E-state index contributed by atoms with van der Waals surface area (Å²) in [6, 6.07) is 7.07. The molecule has 1 aliphatic rings. The Balaban J connectivity index is 1.88. The number of anilines is 1. The number of hydrazine groups is 1. The maximum Gasteiger partial charge on any atom is 0.256 e. The largest absolute Gasteiger partial charge is 0.445 e. The van der Waals surface area contributed by atoms with E-state index in [1.54, 1.807) is 45.0 Å². The Morgan fingerprint density at radius 3 is 2.73 bits per heavy atom. The van der Waals surface area contributed by atoms with Crippen molar-refractivity contribution in [1.82, 2.24) is 9.88 Å². The lowest BCUT2D eigenvalue weighted by molar-refractivity contribution is 0.0595. The highest BCUT2D eigenvalue weighted by molar-refractivity contribution is 6.00. The van der Waals surface area contributed by atoms with Crippen molar-refractivity contribution in [3.05, 3.63) is 47.2 Å². The first-order chi connectivity index (χ1) is 14.1. The summed E-state index contributed by atoms with van der Waals surface area (Å²) in [6.45, 7) is 7.64. The van der Waals surface area contributed by atoms with Gasteiger partial charge in [0, 0.05) is 12.6 Å². The van der Waals surface area contributed by atoms with Crippen molar-refractivity contribution in [1.29, 1.82) is 0 Å². The van der Waals surface area contributed by atoms with E-state index >= 15 is 0 Å². The third kappa shape index (κ3) is 4.31. The molecule has 1 saturated heterocycles. The van der Waals surface area contributed by atoms with Crippen molar-refractivity contribution in [2.45, 2.75) is 58.1 Å². The van der Waals surface area contributed by atoms with Crippen LogP contribution in [0, 0.1) is 6.92 Å². The van der Waals surface area contributed by atoms with E-state index in [-0.39, 0.29) is 17.9 Å². The third-order valence-corrected chi connectivity index (χ3v) is 5.46. The average molecular weight is 415 g/mol. The summed E-state index contributed by atoms with van der Waals surface area (Å²) >= 11 is 0. The lowest BCUT2D eigenvalue weighted by atomic mass is 9.92. The van der Waals surface area contributed by atoms with Gasteiger partial charge in [0.15, 0.2) is 5.89 Å². The van der Waals surface area contributed by atoms with E-state index in [1.165, 1.54) is 0 Å². The van der Waals surface area contributed by atoms with Gasteiger partial charge in [0.1, 0.15) is 23.4 Å². The molecule has 1 aromatic heterocycles. The van der Waals surface area contributed by atoms with Crippen LogP contribution in [-0.2, 0) is 5.60 Å². The topological polar surface area (TPSA) is 134 Å². The molecule has 30 heavy (non-hydrogen) atoms. The van der Waals surface area contributed by atoms with Crippen LogP contribution in [0.25, 0.3) is 0 Å². The highest BCUT2D eigenvalue weighted by Crippen LogP contribution is 2.34. The van der Waals surface area contributed by atoms with Crippen LogP contribution in [0.2, 0.25) is 0 Å². The molecule has 0 saturated carbocycles. The second-order valence-corrected chi connectivity index (χ2v) is 8.22. The Morgan fingerprint density at radius 1 is 1.40 bits per heavy atom. The predicted molar refractivity (Wildman–Crippen MR) is 115 cm³/mol. The van der Waals surface area contributed by atoms with Crippen molar-refractivity contribution in [2.24, 2.45) is 16.7 Å². The van der Waals surface area contributed by atoms with E-state index in [1.807, 2.05) is 11.8 Å². The highest BCUT2D eigenvalue weighted by atomic mass is 16.4. The van der Waals surface area contributed by atoms with Gasteiger partial charge < -0.3 is 20.2 Å². The number of hydrogen-bond donors (Lipinski definition) is 3. The third-order valence-electron chi connectivity index (χ3n) is 5.46. The van der Waals surface area contributed by atoms with E-state index in [0.717, 1.165) is 24.3 Å². The van der Waals surface area contributed by atoms with Gasteiger partial charge in [-0.05, 0) is 52.7 Å². The van der Waals surface area contributed by atoms with Gasteiger partial charge in [0.05, 0.1) is 17.2 Å². The zero-order chi connectivity index (χ0) is 22.1. The molecule has 0 spiro atoms. The van der Waals surface area contributed by atoms with E-state index < -0.39 is 5.60 Å². The van der Waals surface area contributed by atoms with Crippen molar-refractivity contribution in [3.63, 3.8) is 0 Å². The number of para-hydroxylation sites is 1. The molecule has 1 aliphatic heterocycles. The molecule has 0 bridgehead atoms. The second kappa shape index (κ2) is 8.45. The predicted octanol–water partition coefficient (Wildman–Crippen LogP) is 2.20. The molecular weight excluding hydrogens is 384 g/mol. The van der Waals surface area contributed by atoms with Crippen LogP contribution in [-0.4, -0.2) is 39.8 Å². The molecule has 0 aliphatic carbocycles. The van der Waals surface area contributed by atoms with Gasteiger partial charge >= 0.3 is 0 Å². The van der Waals surface area contributed by atoms with Gasteiger partial charge in [-0.1, -0.05) is 12.1 Å². The molecule has 2 aromatic rings. The number of nitrogens with two attached hydrogens (primary N) is 2. The highest BCUT2D eigenvalue weighted by Gasteiger charge is 2.35. The first-order valence-corrected chi connectivity index (χ1v) is 10.0. The summed E-state index contributed by atoms with van der Waals surface area (Å²) in [5, 5.41) is 15.2. The fourth-order valence-corrected chi connectivity index (χ4v) is 3.89. The lowest BCUT2D eigenvalue weighted by Gasteiger charge is -2.37. The molecule has 3 rings (SSSR count). The number of nitrogens with zero attached hydrogens (tertiary/aromatic N) is 4. The van der Waals surface area contributed by atoms with Crippen LogP contribution in [0.3, 0.4) is 0 Å². The zero-order valence-corrected chi connectivity index (χ0v) is 17.9. The number of oxazole rings is 1. The number of aromatic nitrogens is 1. The number of piperidine rings is 1. The maximum absolute atomic E-state index is 13.4. The average Bonchev–Trinajstić information content (AvgIpc) is 3.10. The van der Waals surface area contributed by atoms with Crippen LogP contribution in [0.4, 0.5) is 5.69 Å². The number of hydrogen-bond acceptors (Lipinski definition) is 7. The molecule has 2 heterocycles. The van der Waals surface area contributed by atoms with Crippen molar-refractivity contribution in [3.8, 4) is 0 Å². The van der Waals surface area contributed by atoms with Crippen LogP contribution in [0.15, 0.2) is 33.8 Å². The Kier molecular flexibility index (Phi) is 6.14. The normalized spacial score (nSPS) is 20.0. The summed E-state index contributed by atoms with van der Waals surface area (Å²) in [5.74, 6) is 6.87. The van der Waals surface area contributed by atoms with Gasteiger partial charge in [-0.15, -0.1) is 5.10 Å². The van der Waals surface area contributed by atoms with Gasteiger partial charge in [0.25, 0.3) is 5.91 Å². The minimum absolute atomic E-state index is 0.0517. The summed E-state index contributed by atoms with van der Waals surface area (Å²) in [6.07, 6.45) is 2.73. The quantitative estimate of drug-likeness (QED) is 0.295. The number of carbonyl (C=O) groups is 1. The minimum atomic E-state index is -1.09. The molecule has 9 heteroatoms. The zero-order valence-electron chi connectivity index (χ0n) is 17.9. The Bertz CT molecular complexity index is 933. The second-order valence-electron chi connectivity index (χ2n) is 8.22. The lowest BCUT2D eigenvalue weighted by Crippen LogP contribution is -2.45. The molecular formula is C21H30N6O3. The molecule has 1 amide bonds. The maximum atomic E-state index is 13.4. The van der Waals surface area contributed by atoms with E-state index in [2.05, 4.69) is 10.1 Å². The summed E-state index contributed by atoms with van der Waals surface area (Å²) < 4.78 is 5.87. The molecule has 1 fully saturated rings. The fraction of sp³-hybridized carbons (Fsp3) is 0.476. The summed E-state index contributed by atoms with van der Waals surface area (Å²) in [4.78, 5) is 19.8. The van der Waals surface area contributed by atoms with Gasteiger partial charge in [-0.2, -0.15) is 5.12 Å². The van der Waals surface area contributed by atoms with Gasteiger partial charge in [0.2, 0.25) is 0 Å². The van der Waals surface area contributed by atoms with E-state index in [9.17, 15) is 9.90 Å². The number of carbonyl (C=O) groups excluding carboxylic acids is 1. The molecule has 162 valence electrons. The fourth-order valence-electron chi connectivity index (χ4n) is 3.89.